The Bertz CT molecular complexity index is 257. The summed E-state index contributed by atoms with van der Waals surface area (Å²) >= 11 is 3.28. The minimum Gasteiger partial charge on any atom is -0.381 e. The van der Waals surface area contributed by atoms with E-state index in [4.69, 9.17) is 4.74 Å². The van der Waals surface area contributed by atoms with Crippen LogP contribution in [0.25, 0.3) is 0 Å². The van der Waals surface area contributed by atoms with Gasteiger partial charge in [0.05, 0.1) is 12.4 Å². The first-order valence-corrected chi connectivity index (χ1v) is 8.43. The lowest BCUT2D eigenvalue weighted by Crippen LogP contribution is -2.36. The van der Waals surface area contributed by atoms with Crippen LogP contribution in [0.2, 0.25) is 0 Å². The molecule has 0 bridgehead atoms. The van der Waals surface area contributed by atoms with Crippen LogP contribution in [0.4, 0.5) is 0 Å². The topological polar surface area (TPSA) is 46.6 Å². The Morgan fingerprint density at radius 1 is 1.25 bits per heavy atom. The van der Waals surface area contributed by atoms with Gasteiger partial charge in [-0.3, -0.25) is 0 Å². The van der Waals surface area contributed by atoms with Crippen molar-refractivity contribution in [3.05, 3.63) is 0 Å². The monoisotopic (exact) mass is 315 g/mol. The zero-order valence-electron chi connectivity index (χ0n) is 10.1. The van der Waals surface area contributed by atoms with E-state index in [-0.39, 0.29) is 12.4 Å². The SMILES string of the molecule is CCCCN(CCBr)S(=O)(=O)CCOCC. The molecule has 4 nitrogen and oxygen atoms in total. The van der Waals surface area contributed by atoms with Crippen LogP contribution >= 0.6 is 15.9 Å². The Morgan fingerprint density at radius 2 is 1.94 bits per heavy atom. The number of hydrogen-bond donors (Lipinski definition) is 0. The third kappa shape index (κ3) is 6.83. The molecular weight excluding hydrogens is 294 g/mol. The van der Waals surface area contributed by atoms with Crippen molar-refractivity contribution in [3.8, 4) is 0 Å². The molecule has 6 heteroatoms. The molecule has 0 N–H and O–H groups in total. The Hall–Kier alpha value is 0.350. The average molecular weight is 316 g/mol. The van der Waals surface area contributed by atoms with Crippen molar-refractivity contribution in [2.24, 2.45) is 0 Å². The summed E-state index contributed by atoms with van der Waals surface area (Å²) in [4.78, 5) is 0. The number of nitrogens with zero attached hydrogens (tertiary/aromatic N) is 1. The average Bonchev–Trinajstić information content (AvgIpc) is 2.24. The molecule has 98 valence electrons. The summed E-state index contributed by atoms with van der Waals surface area (Å²) in [6, 6.07) is 0. The summed E-state index contributed by atoms with van der Waals surface area (Å²) in [5.74, 6) is 0.0809. The first-order valence-electron chi connectivity index (χ1n) is 5.70. The number of alkyl halides is 1. The highest BCUT2D eigenvalue weighted by Gasteiger charge is 2.20. The summed E-state index contributed by atoms with van der Waals surface area (Å²) in [7, 11) is -3.15. The van der Waals surface area contributed by atoms with Gasteiger partial charge in [0.2, 0.25) is 10.0 Å². The molecule has 0 unspecified atom stereocenters. The van der Waals surface area contributed by atoms with Crippen molar-refractivity contribution in [2.45, 2.75) is 26.7 Å². The van der Waals surface area contributed by atoms with Crippen LogP contribution in [0.3, 0.4) is 0 Å². The number of unbranched alkanes of at least 4 members (excludes halogenated alkanes) is 1. The fraction of sp³-hybridized carbons (Fsp3) is 1.00. The van der Waals surface area contributed by atoms with Crippen LogP contribution in [-0.4, -0.2) is 50.1 Å². The summed E-state index contributed by atoms with van der Waals surface area (Å²) < 4.78 is 30.5. The smallest absolute Gasteiger partial charge is 0.216 e. The first kappa shape index (κ1) is 16.4. The lowest BCUT2D eigenvalue weighted by molar-refractivity contribution is 0.162. The molecule has 0 rings (SSSR count). The third-order valence-corrected chi connectivity index (χ3v) is 4.37. The number of hydrogen-bond acceptors (Lipinski definition) is 3. The van der Waals surface area contributed by atoms with Gasteiger partial charge in [0.1, 0.15) is 0 Å². The number of halogens is 1. The minimum atomic E-state index is -3.15. The van der Waals surface area contributed by atoms with Crippen molar-refractivity contribution in [3.63, 3.8) is 0 Å². The molecule has 0 saturated carbocycles. The highest BCUT2D eigenvalue weighted by molar-refractivity contribution is 9.09. The Morgan fingerprint density at radius 3 is 2.44 bits per heavy atom. The molecule has 0 aliphatic heterocycles. The lowest BCUT2D eigenvalue weighted by atomic mass is 10.3. The van der Waals surface area contributed by atoms with Gasteiger partial charge in [0.25, 0.3) is 0 Å². The molecule has 0 aromatic rings. The maximum Gasteiger partial charge on any atom is 0.216 e. The van der Waals surface area contributed by atoms with E-state index >= 15 is 0 Å². The van der Waals surface area contributed by atoms with Crippen molar-refractivity contribution >= 4 is 26.0 Å². The molecule has 0 fully saturated rings. The largest absolute Gasteiger partial charge is 0.381 e. The van der Waals surface area contributed by atoms with Crippen LogP contribution in [0.1, 0.15) is 26.7 Å². The normalized spacial score (nSPS) is 12.2. The van der Waals surface area contributed by atoms with Gasteiger partial charge in [-0.15, -0.1) is 0 Å². The second-order valence-electron chi connectivity index (χ2n) is 3.45. The van der Waals surface area contributed by atoms with Gasteiger partial charge in [-0.05, 0) is 13.3 Å². The van der Waals surface area contributed by atoms with Gasteiger partial charge in [0, 0.05) is 25.0 Å². The van der Waals surface area contributed by atoms with Gasteiger partial charge in [-0.1, -0.05) is 29.3 Å². The van der Waals surface area contributed by atoms with E-state index in [1.807, 2.05) is 6.92 Å². The molecule has 0 aromatic carbocycles. The zero-order valence-corrected chi connectivity index (χ0v) is 12.5. The summed E-state index contributed by atoms with van der Waals surface area (Å²) in [6.07, 6.45) is 1.90. The van der Waals surface area contributed by atoms with Crippen LogP contribution in [0.15, 0.2) is 0 Å². The molecule has 0 saturated heterocycles. The van der Waals surface area contributed by atoms with E-state index in [9.17, 15) is 8.42 Å². The van der Waals surface area contributed by atoms with E-state index in [2.05, 4.69) is 22.9 Å². The molecule has 0 radical (unpaired) electrons. The predicted octanol–water partition coefficient (Wildman–Crippen LogP) is 1.85. The van der Waals surface area contributed by atoms with E-state index in [1.54, 1.807) is 4.31 Å². The molecule has 0 spiro atoms. The van der Waals surface area contributed by atoms with Crippen molar-refractivity contribution in [1.29, 1.82) is 0 Å². The standard InChI is InChI=1S/C10H22BrNO3S/c1-3-5-7-12(8-6-11)16(13,14)10-9-15-4-2/h3-10H2,1-2H3. The number of rotatable bonds is 10. The van der Waals surface area contributed by atoms with Crippen LogP contribution in [0.5, 0.6) is 0 Å². The molecule has 0 aliphatic carbocycles. The maximum atomic E-state index is 11.9. The van der Waals surface area contributed by atoms with Gasteiger partial charge in [0.15, 0.2) is 0 Å². The summed E-state index contributed by atoms with van der Waals surface area (Å²) in [6.45, 7) is 5.90. The summed E-state index contributed by atoms with van der Waals surface area (Å²) in [5.41, 5.74) is 0. The second-order valence-corrected chi connectivity index (χ2v) is 6.34. The molecule has 0 aromatic heterocycles. The van der Waals surface area contributed by atoms with Crippen LogP contribution in [0, 0.1) is 0 Å². The first-order chi connectivity index (χ1) is 7.58. The Labute approximate surface area is 108 Å². The van der Waals surface area contributed by atoms with Gasteiger partial charge in [-0.25, -0.2) is 12.7 Å². The van der Waals surface area contributed by atoms with Gasteiger partial charge < -0.3 is 4.74 Å². The van der Waals surface area contributed by atoms with Gasteiger partial charge in [-0.2, -0.15) is 0 Å². The maximum absolute atomic E-state index is 11.9. The fourth-order valence-corrected chi connectivity index (χ4v) is 3.28. The number of ether oxygens (including phenoxy) is 1. The Kier molecular flexibility index (Phi) is 9.59. The number of sulfonamides is 1. The molecule has 0 aliphatic rings. The van der Waals surface area contributed by atoms with Crippen molar-refractivity contribution in [1.82, 2.24) is 4.31 Å². The molecule has 0 amide bonds. The molecule has 16 heavy (non-hydrogen) atoms. The molecule has 0 atom stereocenters. The zero-order chi connectivity index (χ0) is 12.4. The van der Waals surface area contributed by atoms with E-state index in [0.717, 1.165) is 12.8 Å². The predicted molar refractivity (Wildman–Crippen MR) is 70.6 cm³/mol. The Balaban J connectivity index is 4.25. The quantitative estimate of drug-likeness (QED) is 0.456. The fourth-order valence-electron chi connectivity index (χ4n) is 1.26. The van der Waals surface area contributed by atoms with E-state index in [0.29, 0.717) is 25.0 Å². The minimum absolute atomic E-state index is 0.0809. The highest BCUT2D eigenvalue weighted by Crippen LogP contribution is 2.05. The van der Waals surface area contributed by atoms with Crippen LogP contribution < -0.4 is 0 Å². The van der Waals surface area contributed by atoms with Crippen LogP contribution in [-0.2, 0) is 14.8 Å². The van der Waals surface area contributed by atoms with Gasteiger partial charge >= 0.3 is 0 Å². The van der Waals surface area contributed by atoms with Crippen molar-refractivity contribution < 1.29 is 13.2 Å². The summed E-state index contributed by atoms with van der Waals surface area (Å²) in [5, 5.41) is 0.671. The van der Waals surface area contributed by atoms with Crippen molar-refractivity contribution in [2.75, 3.05) is 37.4 Å². The lowest BCUT2D eigenvalue weighted by Gasteiger charge is -2.20. The second kappa shape index (κ2) is 9.39. The molecule has 0 heterocycles. The molecular formula is C10H22BrNO3S. The third-order valence-electron chi connectivity index (χ3n) is 2.18. The van der Waals surface area contributed by atoms with E-state index in [1.165, 1.54) is 0 Å². The van der Waals surface area contributed by atoms with E-state index < -0.39 is 10.0 Å². The highest BCUT2D eigenvalue weighted by atomic mass is 79.9.